The van der Waals surface area contributed by atoms with E-state index in [4.69, 9.17) is 5.73 Å². The molecule has 5 heteroatoms. The topological polar surface area (TPSA) is 55.1 Å². The van der Waals surface area contributed by atoms with Crippen LogP contribution in [0.5, 0.6) is 0 Å². The molecule has 1 aromatic carbocycles. The molecule has 1 amide bonds. The van der Waals surface area contributed by atoms with Crippen LogP contribution < -0.4 is 11.1 Å². The van der Waals surface area contributed by atoms with Crippen molar-refractivity contribution in [2.75, 3.05) is 11.9 Å². The molecule has 0 atom stereocenters. The molecular weight excluding hydrogens is 275 g/mol. The molecule has 2 aromatic rings. The summed E-state index contributed by atoms with van der Waals surface area (Å²) in [5.74, 6) is 4.85. The van der Waals surface area contributed by atoms with Crippen molar-refractivity contribution in [3.8, 4) is 11.8 Å². The Morgan fingerprint density at radius 1 is 1.40 bits per heavy atom. The summed E-state index contributed by atoms with van der Waals surface area (Å²) in [6.07, 6.45) is 0.290. The molecule has 0 spiro atoms. The van der Waals surface area contributed by atoms with E-state index in [0.29, 0.717) is 17.7 Å². The minimum Gasteiger partial charge on any atom is -0.325 e. The number of rotatable bonds is 3. The Morgan fingerprint density at radius 2 is 2.25 bits per heavy atom. The van der Waals surface area contributed by atoms with Gasteiger partial charge in [0, 0.05) is 4.88 Å². The fourth-order valence-corrected chi connectivity index (χ4v) is 2.34. The predicted molar refractivity (Wildman–Crippen MR) is 79.0 cm³/mol. The lowest BCUT2D eigenvalue weighted by Gasteiger charge is -2.07. The molecule has 20 heavy (non-hydrogen) atoms. The van der Waals surface area contributed by atoms with E-state index < -0.39 is 5.82 Å². The van der Waals surface area contributed by atoms with E-state index in [1.807, 2.05) is 17.5 Å². The lowest BCUT2D eigenvalue weighted by atomic mass is 10.1. The number of nitrogens with one attached hydrogen (secondary N) is 1. The zero-order valence-electron chi connectivity index (χ0n) is 10.7. The van der Waals surface area contributed by atoms with E-state index in [2.05, 4.69) is 17.2 Å². The fourth-order valence-electron chi connectivity index (χ4n) is 1.64. The molecule has 3 nitrogen and oxygen atoms in total. The molecule has 0 aliphatic carbocycles. The molecule has 0 unspecified atom stereocenters. The molecule has 0 bridgehead atoms. The number of halogens is 1. The van der Waals surface area contributed by atoms with Crippen LogP contribution in [0.15, 0.2) is 35.7 Å². The molecule has 0 radical (unpaired) electrons. The van der Waals surface area contributed by atoms with Crippen LogP contribution in [0.3, 0.4) is 0 Å². The van der Waals surface area contributed by atoms with Gasteiger partial charge in [0.2, 0.25) is 5.91 Å². The van der Waals surface area contributed by atoms with Gasteiger partial charge in [0.1, 0.15) is 5.82 Å². The zero-order valence-corrected chi connectivity index (χ0v) is 11.5. The summed E-state index contributed by atoms with van der Waals surface area (Å²) in [4.78, 5) is 12.9. The summed E-state index contributed by atoms with van der Waals surface area (Å²) < 4.78 is 13.2. The highest BCUT2D eigenvalue weighted by Gasteiger charge is 2.08. The highest BCUT2D eigenvalue weighted by molar-refractivity contribution is 7.10. The maximum Gasteiger partial charge on any atom is 0.229 e. The summed E-state index contributed by atoms with van der Waals surface area (Å²) >= 11 is 1.52. The van der Waals surface area contributed by atoms with E-state index in [9.17, 15) is 9.18 Å². The van der Waals surface area contributed by atoms with E-state index in [-0.39, 0.29) is 12.5 Å². The fraction of sp³-hybridized carbons (Fsp3) is 0.133. The van der Waals surface area contributed by atoms with Crippen molar-refractivity contribution in [3.63, 3.8) is 0 Å². The van der Waals surface area contributed by atoms with Gasteiger partial charge >= 0.3 is 0 Å². The van der Waals surface area contributed by atoms with Gasteiger partial charge in [-0.15, -0.1) is 11.3 Å². The van der Waals surface area contributed by atoms with Crippen LogP contribution in [0.1, 0.15) is 10.4 Å². The third kappa shape index (κ3) is 3.92. The lowest BCUT2D eigenvalue weighted by Crippen LogP contribution is -2.14. The van der Waals surface area contributed by atoms with Crippen LogP contribution in [0, 0.1) is 17.7 Å². The van der Waals surface area contributed by atoms with Crippen molar-refractivity contribution in [2.24, 2.45) is 5.73 Å². The van der Waals surface area contributed by atoms with Gasteiger partial charge in [-0.2, -0.15) is 0 Å². The van der Waals surface area contributed by atoms with Gasteiger partial charge in [-0.05, 0) is 29.6 Å². The molecule has 1 heterocycles. The minimum atomic E-state index is -0.400. The zero-order chi connectivity index (χ0) is 14.4. The van der Waals surface area contributed by atoms with E-state index in [1.165, 1.54) is 29.5 Å². The van der Waals surface area contributed by atoms with Crippen LogP contribution >= 0.6 is 11.3 Å². The Bertz CT molecular complexity index is 656. The van der Waals surface area contributed by atoms with E-state index >= 15 is 0 Å². The highest BCUT2D eigenvalue weighted by atomic mass is 32.1. The molecule has 0 fully saturated rings. The molecule has 0 aliphatic rings. The second kappa shape index (κ2) is 6.85. The van der Waals surface area contributed by atoms with Crippen LogP contribution in [-0.2, 0) is 11.2 Å². The second-order valence-corrected chi connectivity index (χ2v) is 5.03. The van der Waals surface area contributed by atoms with Gasteiger partial charge in [0.05, 0.1) is 24.2 Å². The van der Waals surface area contributed by atoms with E-state index in [1.54, 1.807) is 0 Å². The van der Waals surface area contributed by atoms with Crippen LogP contribution in [0.2, 0.25) is 0 Å². The number of hydrogen-bond donors (Lipinski definition) is 2. The number of carbonyl (C=O) groups excluding carboxylic acids is 1. The van der Waals surface area contributed by atoms with Crippen molar-refractivity contribution in [3.05, 3.63) is 52.0 Å². The summed E-state index contributed by atoms with van der Waals surface area (Å²) in [7, 11) is 0. The predicted octanol–water partition coefficient (Wildman–Crippen LogP) is 2.38. The molecule has 3 N–H and O–H groups in total. The number of thiophene rings is 1. The summed E-state index contributed by atoms with van der Waals surface area (Å²) in [5.41, 5.74) is 6.22. The summed E-state index contributed by atoms with van der Waals surface area (Å²) in [5, 5.41) is 4.66. The molecule has 0 saturated heterocycles. The molecular formula is C15H13FN2OS. The SMILES string of the molecule is NCC#Cc1cc(F)ccc1NC(=O)Cc1cccs1. The van der Waals surface area contributed by atoms with Crippen LogP contribution in [0.25, 0.3) is 0 Å². The maximum atomic E-state index is 13.2. The quantitative estimate of drug-likeness (QED) is 0.852. The van der Waals surface area contributed by atoms with E-state index in [0.717, 1.165) is 4.88 Å². The smallest absolute Gasteiger partial charge is 0.229 e. The van der Waals surface area contributed by atoms with Crippen molar-refractivity contribution in [2.45, 2.75) is 6.42 Å². The van der Waals surface area contributed by atoms with Crippen LogP contribution in [0.4, 0.5) is 10.1 Å². The Morgan fingerprint density at radius 3 is 2.95 bits per heavy atom. The summed E-state index contributed by atoms with van der Waals surface area (Å²) in [6.45, 7) is 0.180. The first kappa shape index (κ1) is 14.3. The first-order valence-corrected chi connectivity index (χ1v) is 6.87. The number of nitrogens with two attached hydrogens (primary N) is 1. The number of anilines is 1. The average Bonchev–Trinajstić information content (AvgIpc) is 2.91. The van der Waals surface area contributed by atoms with Crippen LogP contribution in [-0.4, -0.2) is 12.5 Å². The van der Waals surface area contributed by atoms with Gasteiger partial charge in [-0.1, -0.05) is 17.9 Å². The van der Waals surface area contributed by atoms with Crippen molar-refractivity contribution >= 4 is 22.9 Å². The third-order valence-corrected chi connectivity index (χ3v) is 3.37. The molecule has 1 aromatic heterocycles. The number of amides is 1. The monoisotopic (exact) mass is 288 g/mol. The largest absolute Gasteiger partial charge is 0.325 e. The van der Waals surface area contributed by atoms with Gasteiger partial charge in [-0.25, -0.2) is 4.39 Å². The average molecular weight is 288 g/mol. The van der Waals surface area contributed by atoms with Crippen molar-refractivity contribution < 1.29 is 9.18 Å². The number of carbonyl (C=O) groups is 1. The first-order chi connectivity index (χ1) is 9.69. The normalized spacial score (nSPS) is 9.70. The standard InChI is InChI=1S/C15H13FN2OS/c16-12-5-6-14(11(9-12)3-1-7-17)18-15(19)10-13-4-2-8-20-13/h2,4-6,8-9H,7,10,17H2,(H,18,19). The number of hydrogen-bond acceptors (Lipinski definition) is 3. The second-order valence-electron chi connectivity index (χ2n) is 4.00. The molecule has 102 valence electrons. The molecule has 0 aliphatic heterocycles. The Kier molecular flexibility index (Phi) is 4.88. The molecule has 2 rings (SSSR count). The van der Waals surface area contributed by atoms with Crippen molar-refractivity contribution in [1.29, 1.82) is 0 Å². The first-order valence-electron chi connectivity index (χ1n) is 6.00. The van der Waals surface area contributed by atoms with Crippen molar-refractivity contribution in [1.82, 2.24) is 0 Å². The lowest BCUT2D eigenvalue weighted by molar-refractivity contribution is -0.115. The Labute approximate surface area is 120 Å². The number of benzene rings is 1. The Balaban J connectivity index is 2.14. The van der Waals surface area contributed by atoms with Gasteiger partial charge in [-0.3, -0.25) is 4.79 Å². The van der Waals surface area contributed by atoms with Gasteiger partial charge < -0.3 is 11.1 Å². The van der Waals surface area contributed by atoms with Gasteiger partial charge in [0.15, 0.2) is 0 Å². The van der Waals surface area contributed by atoms with Gasteiger partial charge in [0.25, 0.3) is 0 Å². The maximum absolute atomic E-state index is 13.2. The molecule has 0 saturated carbocycles. The third-order valence-electron chi connectivity index (χ3n) is 2.50. The minimum absolute atomic E-state index is 0.158. The summed E-state index contributed by atoms with van der Waals surface area (Å²) in [6, 6.07) is 7.85. The Hall–Kier alpha value is -2.16. The highest BCUT2D eigenvalue weighted by Crippen LogP contribution is 2.17.